The Morgan fingerprint density at radius 1 is 1.47 bits per heavy atom. The summed E-state index contributed by atoms with van der Waals surface area (Å²) >= 11 is 0. The lowest BCUT2D eigenvalue weighted by Crippen LogP contribution is -2.24. The molecular formula is C10H9N6O+. The molecule has 0 unspecified atom stereocenters. The number of pyridine rings is 1. The van der Waals surface area contributed by atoms with E-state index in [1.165, 1.54) is 4.40 Å². The molecule has 0 radical (unpaired) electrons. The van der Waals surface area contributed by atoms with Crippen molar-refractivity contribution in [2.24, 2.45) is 0 Å². The molecule has 3 heterocycles. The van der Waals surface area contributed by atoms with E-state index in [9.17, 15) is 4.79 Å². The second-order valence-corrected chi connectivity index (χ2v) is 3.65. The fraction of sp³-hybridized carbons (Fsp3) is 0.100. The first kappa shape index (κ1) is 9.64. The van der Waals surface area contributed by atoms with Gasteiger partial charge in [-0.15, -0.1) is 10.2 Å². The molecule has 0 aliphatic heterocycles. The van der Waals surface area contributed by atoms with E-state index < -0.39 is 0 Å². The van der Waals surface area contributed by atoms with Gasteiger partial charge in [-0.3, -0.25) is 0 Å². The Kier molecular flexibility index (Phi) is 1.97. The summed E-state index contributed by atoms with van der Waals surface area (Å²) < 4.78 is 1.53. The topological polar surface area (TPSA) is 90.1 Å². The van der Waals surface area contributed by atoms with Crippen molar-refractivity contribution >= 4 is 5.65 Å². The Balaban J connectivity index is 2.38. The fourth-order valence-electron chi connectivity index (χ4n) is 1.74. The maximum absolute atomic E-state index is 12.2. The number of hydrogen-bond acceptors (Lipinski definition) is 4. The van der Waals surface area contributed by atoms with Gasteiger partial charge in [-0.25, -0.2) is 9.78 Å². The molecule has 0 aliphatic carbocycles. The third kappa shape index (κ3) is 1.40. The Morgan fingerprint density at radius 3 is 3.12 bits per heavy atom. The van der Waals surface area contributed by atoms with Crippen LogP contribution >= 0.6 is 0 Å². The van der Waals surface area contributed by atoms with Crippen molar-refractivity contribution in [3.8, 4) is 11.4 Å². The average Bonchev–Trinajstić information content (AvgIpc) is 2.84. The second-order valence-electron chi connectivity index (χ2n) is 3.65. The number of nitrogens with zero attached hydrogens (tertiary/aromatic N) is 4. The van der Waals surface area contributed by atoms with Crippen LogP contribution in [0.15, 0.2) is 29.3 Å². The minimum absolute atomic E-state index is 0.177. The van der Waals surface area contributed by atoms with E-state index in [4.69, 9.17) is 0 Å². The molecule has 7 nitrogen and oxygen atoms in total. The molecule has 84 valence electrons. The Morgan fingerprint density at radius 2 is 2.35 bits per heavy atom. The molecule has 7 heteroatoms. The van der Waals surface area contributed by atoms with E-state index in [1.807, 2.05) is 19.1 Å². The molecular weight excluding hydrogens is 220 g/mol. The quantitative estimate of drug-likeness (QED) is 0.614. The summed E-state index contributed by atoms with van der Waals surface area (Å²) in [4.78, 5) is 15.3. The highest BCUT2D eigenvalue weighted by atomic mass is 16.1. The molecule has 0 aliphatic rings. The van der Waals surface area contributed by atoms with E-state index in [-0.39, 0.29) is 11.4 Å². The maximum atomic E-state index is 12.2. The molecule has 0 fully saturated rings. The summed E-state index contributed by atoms with van der Waals surface area (Å²) in [7, 11) is 0. The van der Waals surface area contributed by atoms with Crippen LogP contribution < -0.4 is 10.5 Å². The predicted molar refractivity (Wildman–Crippen MR) is 58.1 cm³/mol. The van der Waals surface area contributed by atoms with Gasteiger partial charge < -0.3 is 0 Å². The highest BCUT2D eigenvalue weighted by Gasteiger charge is 2.16. The van der Waals surface area contributed by atoms with Gasteiger partial charge >= 0.3 is 5.56 Å². The summed E-state index contributed by atoms with van der Waals surface area (Å²) in [5, 5.41) is 13.4. The zero-order valence-electron chi connectivity index (χ0n) is 9.01. The number of H-pyrrole nitrogens is 2. The third-order valence-electron chi connectivity index (χ3n) is 2.58. The summed E-state index contributed by atoms with van der Waals surface area (Å²) in [6, 6.07) is 3.75. The number of aromatic amines is 2. The monoisotopic (exact) mass is 229 g/mol. The fourth-order valence-corrected chi connectivity index (χ4v) is 1.74. The third-order valence-corrected chi connectivity index (χ3v) is 2.58. The molecule has 0 spiro atoms. The summed E-state index contributed by atoms with van der Waals surface area (Å²) in [6.45, 7) is 1.93. The normalized spacial score (nSPS) is 10.9. The van der Waals surface area contributed by atoms with Gasteiger partial charge in [0.2, 0.25) is 5.82 Å². The number of fused-ring (bicyclic) bond motifs is 1. The number of nitrogens with one attached hydrogen (secondary N) is 2. The summed E-state index contributed by atoms with van der Waals surface area (Å²) in [5.41, 5.74) is 1.94. The molecule has 3 aromatic heterocycles. The molecule has 17 heavy (non-hydrogen) atoms. The molecule has 0 aromatic carbocycles. The number of hydrogen-bond donors (Lipinski definition) is 1. The van der Waals surface area contributed by atoms with Gasteiger partial charge in [0.05, 0.1) is 6.20 Å². The van der Waals surface area contributed by atoms with Crippen LogP contribution in [0.25, 0.3) is 17.0 Å². The van der Waals surface area contributed by atoms with Crippen LogP contribution in [0.3, 0.4) is 0 Å². The van der Waals surface area contributed by atoms with Crippen LogP contribution in [0.4, 0.5) is 0 Å². The predicted octanol–water partition coefficient (Wildman–Crippen LogP) is -0.398. The van der Waals surface area contributed by atoms with E-state index >= 15 is 0 Å². The van der Waals surface area contributed by atoms with Crippen molar-refractivity contribution in [3.63, 3.8) is 0 Å². The van der Waals surface area contributed by atoms with Crippen molar-refractivity contribution in [3.05, 3.63) is 40.4 Å². The van der Waals surface area contributed by atoms with Crippen LogP contribution in [0.2, 0.25) is 0 Å². The molecule has 0 bridgehead atoms. The standard InChI is InChI=1S/C10H8N6O/c1-6-3-2-4-16-9(6)11-5-7(10(16)17)8-12-14-15-13-8/h2-5H,1H3,(H,12,13,14,15)/p+1. The smallest absolute Gasteiger partial charge is 0.246 e. The minimum Gasteiger partial charge on any atom is -0.246 e. The van der Waals surface area contributed by atoms with Crippen molar-refractivity contribution in [1.82, 2.24) is 25.0 Å². The number of aryl methyl sites for hydroxylation is 1. The molecule has 3 rings (SSSR count). The Labute approximate surface area is 95.1 Å². The first-order valence-electron chi connectivity index (χ1n) is 5.04. The lowest BCUT2D eigenvalue weighted by atomic mass is 10.2. The number of rotatable bonds is 1. The summed E-state index contributed by atoms with van der Waals surface area (Å²) in [5.74, 6) is 0.280. The first-order chi connectivity index (χ1) is 8.27. The molecule has 3 aromatic rings. The van der Waals surface area contributed by atoms with Crippen molar-refractivity contribution in [2.75, 3.05) is 0 Å². The molecule has 0 saturated carbocycles. The zero-order chi connectivity index (χ0) is 11.8. The average molecular weight is 229 g/mol. The van der Waals surface area contributed by atoms with Crippen LogP contribution in [0.5, 0.6) is 0 Å². The van der Waals surface area contributed by atoms with E-state index in [1.54, 1.807) is 12.4 Å². The van der Waals surface area contributed by atoms with Crippen molar-refractivity contribution in [2.45, 2.75) is 6.92 Å². The molecule has 0 atom stereocenters. The summed E-state index contributed by atoms with van der Waals surface area (Å²) in [6.07, 6.45) is 3.29. The van der Waals surface area contributed by atoms with Crippen LogP contribution in [-0.4, -0.2) is 25.0 Å². The maximum Gasteiger partial charge on any atom is 0.353 e. The van der Waals surface area contributed by atoms with Crippen LogP contribution in [0.1, 0.15) is 5.56 Å². The lowest BCUT2D eigenvalue weighted by molar-refractivity contribution is -0.350. The zero-order valence-corrected chi connectivity index (χ0v) is 9.01. The van der Waals surface area contributed by atoms with Crippen LogP contribution in [-0.2, 0) is 0 Å². The van der Waals surface area contributed by atoms with Crippen molar-refractivity contribution in [1.29, 1.82) is 0 Å². The van der Waals surface area contributed by atoms with Gasteiger partial charge in [-0.2, -0.15) is 9.61 Å². The second kappa shape index (κ2) is 3.48. The largest absolute Gasteiger partial charge is 0.353 e. The Hall–Kier alpha value is -2.57. The molecule has 0 saturated heterocycles. The highest BCUT2D eigenvalue weighted by molar-refractivity contribution is 5.52. The minimum atomic E-state index is -0.177. The molecule has 0 amide bonds. The Bertz CT molecular complexity index is 730. The first-order valence-corrected chi connectivity index (χ1v) is 5.04. The number of aromatic nitrogens is 6. The highest BCUT2D eigenvalue weighted by Crippen LogP contribution is 2.06. The van der Waals surface area contributed by atoms with Crippen molar-refractivity contribution < 1.29 is 4.98 Å². The van der Waals surface area contributed by atoms with Gasteiger partial charge in [-0.05, 0) is 24.3 Å². The van der Waals surface area contributed by atoms with Gasteiger partial charge in [0.25, 0.3) is 5.65 Å². The van der Waals surface area contributed by atoms with Gasteiger partial charge in [-0.1, -0.05) is 0 Å². The number of tetrazole rings is 1. The van der Waals surface area contributed by atoms with Gasteiger partial charge in [0.15, 0.2) is 5.56 Å². The van der Waals surface area contributed by atoms with E-state index in [0.717, 1.165) is 11.2 Å². The SMILES string of the molecule is Cc1cccn2c(=O)c(-c3nn[nH]n3)c[nH+]c12. The molecule has 2 N–H and O–H groups in total. The lowest BCUT2D eigenvalue weighted by Gasteiger charge is -1.96. The van der Waals surface area contributed by atoms with E-state index in [0.29, 0.717) is 5.56 Å². The van der Waals surface area contributed by atoms with Gasteiger partial charge in [0.1, 0.15) is 6.20 Å². The van der Waals surface area contributed by atoms with Crippen LogP contribution in [0, 0.1) is 6.92 Å². The van der Waals surface area contributed by atoms with E-state index in [2.05, 4.69) is 25.6 Å². The van der Waals surface area contributed by atoms with Gasteiger partial charge in [0, 0.05) is 5.56 Å².